The van der Waals surface area contributed by atoms with E-state index >= 15 is 0 Å². The summed E-state index contributed by atoms with van der Waals surface area (Å²) in [5.41, 5.74) is 1.78. The molecule has 0 saturated carbocycles. The molecule has 1 N–H and O–H groups in total. The zero-order valence-electron chi connectivity index (χ0n) is 15.8. The number of carbonyl (C=O) groups excluding carboxylic acids is 1. The third-order valence-corrected chi connectivity index (χ3v) is 6.78. The van der Waals surface area contributed by atoms with Gasteiger partial charge in [-0.25, -0.2) is 18.3 Å². The minimum absolute atomic E-state index is 0.0750. The van der Waals surface area contributed by atoms with Gasteiger partial charge in [0.1, 0.15) is 11.3 Å². The van der Waals surface area contributed by atoms with E-state index in [1.54, 1.807) is 0 Å². The molecule has 0 atom stereocenters. The van der Waals surface area contributed by atoms with E-state index in [-0.39, 0.29) is 29.1 Å². The Kier molecular flexibility index (Phi) is 4.87. The summed E-state index contributed by atoms with van der Waals surface area (Å²) >= 11 is 0. The number of carbonyl (C=O) groups is 1. The van der Waals surface area contributed by atoms with Crippen molar-refractivity contribution in [3.63, 3.8) is 0 Å². The van der Waals surface area contributed by atoms with Gasteiger partial charge in [0.25, 0.3) is 5.56 Å². The van der Waals surface area contributed by atoms with E-state index < -0.39 is 21.6 Å². The molecule has 0 radical (unpaired) electrons. The lowest BCUT2D eigenvalue weighted by Crippen LogP contribution is -2.38. The number of ether oxygens (including phenoxy) is 1. The average Bonchev–Trinajstić information content (AvgIpc) is 3.11. The van der Waals surface area contributed by atoms with Gasteiger partial charge in [-0.2, -0.15) is 5.10 Å². The van der Waals surface area contributed by atoms with Crippen molar-refractivity contribution in [3.05, 3.63) is 58.1 Å². The molecule has 9 nitrogen and oxygen atoms in total. The number of hydrogen-bond donors (Lipinski definition) is 1. The minimum Gasteiger partial charge on any atom is -0.465 e. The van der Waals surface area contributed by atoms with Crippen LogP contribution in [0.2, 0.25) is 0 Å². The van der Waals surface area contributed by atoms with Crippen molar-refractivity contribution < 1.29 is 17.9 Å². The topological polar surface area (TPSA) is 114 Å². The summed E-state index contributed by atoms with van der Waals surface area (Å²) in [5.74, 6) is -0.826. The van der Waals surface area contributed by atoms with Crippen LogP contribution in [-0.2, 0) is 27.7 Å². The van der Waals surface area contributed by atoms with Gasteiger partial charge in [0.15, 0.2) is 0 Å². The Morgan fingerprint density at radius 1 is 1.28 bits per heavy atom. The first-order chi connectivity index (χ1) is 13.9. The van der Waals surface area contributed by atoms with Crippen LogP contribution in [0.4, 0.5) is 5.69 Å². The van der Waals surface area contributed by atoms with Crippen molar-refractivity contribution >= 4 is 21.7 Å². The highest BCUT2D eigenvalue weighted by atomic mass is 32.2. The molecule has 0 aliphatic carbocycles. The summed E-state index contributed by atoms with van der Waals surface area (Å²) in [4.78, 5) is 24.0. The minimum atomic E-state index is -3.59. The average molecular weight is 416 g/mol. The highest BCUT2D eigenvalue weighted by Gasteiger charge is 2.28. The molecule has 29 heavy (non-hydrogen) atoms. The molecule has 0 aromatic heterocycles. The lowest BCUT2D eigenvalue weighted by Gasteiger charge is -2.30. The summed E-state index contributed by atoms with van der Waals surface area (Å²) in [6, 6.07) is 7.49. The largest absolute Gasteiger partial charge is 0.465 e. The van der Waals surface area contributed by atoms with Crippen LogP contribution in [0, 0.1) is 0 Å². The van der Waals surface area contributed by atoms with Crippen molar-refractivity contribution in [2.75, 3.05) is 23.7 Å². The van der Waals surface area contributed by atoms with Crippen molar-refractivity contribution in [2.24, 2.45) is 0 Å². The van der Waals surface area contributed by atoms with Crippen LogP contribution in [-0.4, -0.2) is 48.6 Å². The number of aryl methyl sites for hydroxylation is 2. The fraction of sp³-hybridized carbons (Fsp3) is 0.316. The molecule has 10 heteroatoms. The number of sulfonamides is 1. The molecule has 3 heterocycles. The molecule has 3 aliphatic heterocycles. The summed E-state index contributed by atoms with van der Waals surface area (Å²) in [7, 11) is -2.36. The Morgan fingerprint density at radius 3 is 2.86 bits per heavy atom. The van der Waals surface area contributed by atoms with Crippen LogP contribution in [0.1, 0.15) is 22.3 Å². The summed E-state index contributed by atoms with van der Waals surface area (Å²) < 4.78 is 33.7. The number of aromatic nitrogens is 3. The Morgan fingerprint density at radius 2 is 2.07 bits per heavy atom. The Balaban J connectivity index is 1.63. The Labute approximate surface area is 167 Å². The maximum absolute atomic E-state index is 13.0. The maximum Gasteiger partial charge on any atom is 0.341 e. The van der Waals surface area contributed by atoms with Gasteiger partial charge in [0.2, 0.25) is 10.0 Å². The summed E-state index contributed by atoms with van der Waals surface area (Å²) in [6.07, 6.45) is 4.56. The number of aromatic amines is 1. The number of anilines is 1. The fourth-order valence-electron chi connectivity index (χ4n) is 3.60. The monoisotopic (exact) mass is 416 g/mol. The number of pyridine rings is 1. The molecular weight excluding hydrogens is 396 g/mol. The lowest BCUT2D eigenvalue weighted by molar-refractivity contribution is 0.0600. The van der Waals surface area contributed by atoms with Crippen molar-refractivity contribution in [2.45, 2.75) is 19.4 Å². The molecule has 0 spiro atoms. The number of fused-ring (bicyclic) bond motifs is 2. The van der Waals surface area contributed by atoms with E-state index in [9.17, 15) is 18.0 Å². The number of rotatable bonds is 5. The van der Waals surface area contributed by atoms with Gasteiger partial charge in [0.05, 0.1) is 24.1 Å². The molecule has 1 aromatic rings. The van der Waals surface area contributed by atoms with E-state index in [4.69, 9.17) is 4.74 Å². The maximum atomic E-state index is 13.0. The van der Waals surface area contributed by atoms with Crippen molar-refractivity contribution in [1.82, 2.24) is 14.8 Å². The number of nitrogens with one attached hydrogen (secondary N) is 1. The third-order valence-electron chi connectivity index (χ3n) is 5.03. The number of nitrogens with zero attached hydrogens (tertiary/aromatic N) is 3. The first-order valence-electron chi connectivity index (χ1n) is 9.15. The number of para-hydroxylation sites is 1. The molecule has 0 amide bonds. The Bertz CT molecular complexity index is 1200. The normalized spacial score (nSPS) is 14.0. The highest BCUT2D eigenvalue weighted by Crippen LogP contribution is 2.29. The second kappa shape index (κ2) is 7.36. The molecular formula is C19H20N4O5S. The molecule has 152 valence electrons. The quantitative estimate of drug-likeness (QED) is 0.626. The van der Waals surface area contributed by atoms with Crippen LogP contribution < -0.4 is 9.86 Å². The van der Waals surface area contributed by atoms with Crippen molar-refractivity contribution in [3.8, 4) is 11.3 Å². The first-order valence-corrected chi connectivity index (χ1v) is 10.8. The second-order valence-electron chi connectivity index (χ2n) is 6.84. The molecule has 0 fully saturated rings. The third kappa shape index (κ3) is 3.51. The van der Waals surface area contributed by atoms with Crippen molar-refractivity contribution in [1.29, 1.82) is 0 Å². The van der Waals surface area contributed by atoms with Gasteiger partial charge in [-0.1, -0.05) is 18.2 Å². The predicted molar refractivity (Wildman–Crippen MR) is 107 cm³/mol. The van der Waals surface area contributed by atoms with Crippen LogP contribution in [0.3, 0.4) is 0 Å². The predicted octanol–water partition coefficient (Wildman–Crippen LogP) is 1.25. The summed E-state index contributed by atoms with van der Waals surface area (Å²) in [6.45, 7) is 0.508. The van der Waals surface area contributed by atoms with Crippen LogP contribution in [0.15, 0.2) is 41.5 Å². The molecule has 1 aromatic carbocycles. The molecule has 4 rings (SSSR count). The van der Waals surface area contributed by atoms with Gasteiger partial charge in [-0.3, -0.25) is 9.10 Å². The van der Waals surface area contributed by atoms with E-state index in [0.29, 0.717) is 12.2 Å². The fourth-order valence-corrected chi connectivity index (χ4v) is 5.14. The molecule has 3 aliphatic rings. The van der Waals surface area contributed by atoms with Crippen LogP contribution in [0.5, 0.6) is 0 Å². The number of H-pyrrole nitrogens is 1. The van der Waals surface area contributed by atoms with Gasteiger partial charge >= 0.3 is 5.97 Å². The first kappa shape index (κ1) is 19.2. The zero-order chi connectivity index (χ0) is 20.6. The van der Waals surface area contributed by atoms with Gasteiger partial charge in [0, 0.05) is 25.5 Å². The molecule has 0 bridgehead atoms. The standard InChI is InChI=1S/C19H20N4O5S/c1-28-19(25)15-12-22(11-14-17(15)20-21-18(14)24)9-10-29(26,27)23-8-4-6-13-5-2-3-7-16(13)23/h2-3,5,7,11-12H,4,6,8-10H2,1H3,(H,21,24). The molecule has 0 saturated heterocycles. The van der Waals surface area contributed by atoms with Crippen LogP contribution >= 0.6 is 0 Å². The summed E-state index contributed by atoms with van der Waals surface area (Å²) in [5, 5.41) is 6.16. The van der Waals surface area contributed by atoms with Gasteiger partial charge in [-0.05, 0) is 24.5 Å². The van der Waals surface area contributed by atoms with E-state index in [1.165, 1.54) is 28.4 Å². The van der Waals surface area contributed by atoms with Crippen LogP contribution in [0.25, 0.3) is 11.3 Å². The van der Waals surface area contributed by atoms with Gasteiger partial charge in [-0.15, -0.1) is 0 Å². The Hall–Kier alpha value is -3.14. The zero-order valence-corrected chi connectivity index (χ0v) is 16.6. The van der Waals surface area contributed by atoms with Gasteiger partial charge < -0.3 is 9.30 Å². The lowest BCUT2D eigenvalue weighted by atomic mass is 10.0. The second-order valence-corrected chi connectivity index (χ2v) is 8.85. The number of hydrogen-bond acceptors (Lipinski definition) is 6. The SMILES string of the molecule is COC(=O)c1cn(CCS(=O)(=O)N2CCCc3ccccc32)cc2c(=O)[nH]nc1-2. The highest BCUT2D eigenvalue weighted by molar-refractivity contribution is 7.92. The van der Waals surface area contributed by atoms with E-state index in [0.717, 1.165) is 18.4 Å². The number of benzene rings is 1. The smallest absolute Gasteiger partial charge is 0.341 e. The number of esters is 1. The van der Waals surface area contributed by atoms with E-state index in [2.05, 4.69) is 10.2 Å². The van der Waals surface area contributed by atoms with E-state index in [1.807, 2.05) is 24.3 Å². The molecule has 0 unspecified atom stereocenters. The number of methoxy groups -OCH3 is 1.